The first-order chi connectivity index (χ1) is 9.85. The van der Waals surface area contributed by atoms with Crippen LogP contribution in [0.4, 0.5) is 0 Å². The number of nitrogens with one attached hydrogen (secondary N) is 1. The van der Waals surface area contributed by atoms with Crippen molar-refractivity contribution in [2.24, 2.45) is 0 Å². The van der Waals surface area contributed by atoms with E-state index in [9.17, 15) is 13.2 Å². The Labute approximate surface area is 122 Å². The van der Waals surface area contributed by atoms with Crippen LogP contribution in [0.15, 0.2) is 23.1 Å². The molecule has 0 heterocycles. The summed E-state index contributed by atoms with van der Waals surface area (Å²) in [5.41, 5.74) is 0. The lowest BCUT2D eigenvalue weighted by atomic mass is 10.3. The maximum Gasteiger partial charge on any atom is 0.324 e. The smallest absolute Gasteiger partial charge is 0.324 e. The molecule has 0 aromatic heterocycles. The lowest BCUT2D eigenvalue weighted by molar-refractivity contribution is -0.140. The van der Waals surface area contributed by atoms with E-state index in [1.807, 2.05) is 4.72 Å². The van der Waals surface area contributed by atoms with E-state index < -0.39 is 22.0 Å². The fourth-order valence-electron chi connectivity index (χ4n) is 1.57. The van der Waals surface area contributed by atoms with Gasteiger partial charge in [-0.05, 0) is 12.1 Å². The van der Waals surface area contributed by atoms with Crippen LogP contribution in [0.3, 0.4) is 0 Å². The van der Waals surface area contributed by atoms with Crippen LogP contribution in [-0.2, 0) is 19.6 Å². The zero-order valence-corrected chi connectivity index (χ0v) is 12.6. The third-order valence-corrected chi connectivity index (χ3v) is 4.08. The van der Waals surface area contributed by atoms with Crippen molar-refractivity contribution in [3.8, 4) is 11.5 Å². The lowest BCUT2D eigenvalue weighted by Gasteiger charge is -2.16. The maximum atomic E-state index is 12.3. The summed E-state index contributed by atoms with van der Waals surface area (Å²) in [4.78, 5) is 10.8. The van der Waals surface area contributed by atoms with Crippen LogP contribution in [0.5, 0.6) is 11.5 Å². The molecular formula is C12H17NO7S. The van der Waals surface area contributed by atoms with Gasteiger partial charge in [0.25, 0.3) is 0 Å². The molecule has 0 aliphatic rings. The van der Waals surface area contributed by atoms with Crippen molar-refractivity contribution in [3.63, 3.8) is 0 Å². The summed E-state index contributed by atoms with van der Waals surface area (Å²) in [6, 6.07) is 2.78. The Kier molecular flexibility index (Phi) is 5.94. The number of hydrogen-bond donors (Lipinski definition) is 2. The van der Waals surface area contributed by atoms with Gasteiger partial charge in [-0.1, -0.05) is 0 Å². The number of benzene rings is 1. The monoisotopic (exact) mass is 319 g/mol. The molecule has 9 heteroatoms. The van der Waals surface area contributed by atoms with E-state index in [0.29, 0.717) is 5.75 Å². The van der Waals surface area contributed by atoms with Crippen LogP contribution < -0.4 is 14.2 Å². The van der Waals surface area contributed by atoms with Crippen molar-refractivity contribution >= 4 is 16.0 Å². The van der Waals surface area contributed by atoms with E-state index in [1.54, 1.807) is 0 Å². The van der Waals surface area contributed by atoms with Crippen molar-refractivity contribution in [2.75, 3.05) is 27.9 Å². The van der Waals surface area contributed by atoms with Crippen molar-refractivity contribution in [3.05, 3.63) is 18.2 Å². The van der Waals surface area contributed by atoms with Crippen LogP contribution in [0.2, 0.25) is 0 Å². The Morgan fingerprint density at radius 3 is 2.43 bits per heavy atom. The van der Waals surface area contributed by atoms with Crippen molar-refractivity contribution in [1.29, 1.82) is 0 Å². The molecule has 1 unspecified atom stereocenters. The Balaban J connectivity index is 3.20. The van der Waals surface area contributed by atoms with Gasteiger partial charge in [0.1, 0.15) is 22.4 Å². The van der Waals surface area contributed by atoms with E-state index in [2.05, 4.69) is 4.74 Å². The second-order valence-electron chi connectivity index (χ2n) is 3.98. The molecule has 0 radical (unpaired) electrons. The molecule has 0 spiro atoms. The van der Waals surface area contributed by atoms with Gasteiger partial charge < -0.3 is 19.3 Å². The quantitative estimate of drug-likeness (QED) is 0.698. The molecule has 0 aliphatic heterocycles. The highest BCUT2D eigenvalue weighted by Crippen LogP contribution is 2.28. The zero-order chi connectivity index (χ0) is 16.0. The normalized spacial score (nSPS) is 12.7. The number of rotatable bonds is 8. The molecule has 0 saturated heterocycles. The standard InChI is InChI=1S/C12H17NO7S/c1-18-7-9(12(14)15)13-21(16,17)11-6-8(19-2)4-5-10(11)20-3/h4-6,9,13H,7H2,1-3H3,(H,14,15). The van der Waals surface area contributed by atoms with Crippen LogP contribution in [0, 0.1) is 0 Å². The van der Waals surface area contributed by atoms with Gasteiger partial charge in [0.15, 0.2) is 0 Å². The number of hydrogen-bond acceptors (Lipinski definition) is 6. The molecule has 118 valence electrons. The van der Waals surface area contributed by atoms with Crippen molar-refractivity contribution in [1.82, 2.24) is 4.72 Å². The summed E-state index contributed by atoms with van der Waals surface area (Å²) in [6.07, 6.45) is 0. The topological polar surface area (TPSA) is 111 Å². The van der Waals surface area contributed by atoms with E-state index in [1.165, 1.54) is 39.5 Å². The number of methoxy groups -OCH3 is 3. The molecule has 21 heavy (non-hydrogen) atoms. The molecular weight excluding hydrogens is 302 g/mol. The summed E-state index contributed by atoms with van der Waals surface area (Å²) < 4.78 is 41.3. The number of aliphatic carboxylic acids is 1. The SMILES string of the molecule is COCC(NS(=O)(=O)c1cc(OC)ccc1OC)C(=O)O. The number of carbonyl (C=O) groups is 1. The second-order valence-corrected chi connectivity index (χ2v) is 5.67. The first kappa shape index (κ1) is 17.2. The molecule has 1 aromatic carbocycles. The van der Waals surface area contributed by atoms with Gasteiger partial charge in [-0.25, -0.2) is 8.42 Å². The fourth-order valence-corrected chi connectivity index (χ4v) is 2.93. The summed E-state index contributed by atoms with van der Waals surface area (Å²) in [7, 11) is -0.148. The largest absolute Gasteiger partial charge is 0.497 e. The Morgan fingerprint density at radius 2 is 1.95 bits per heavy atom. The summed E-state index contributed by atoms with van der Waals surface area (Å²) in [5, 5.41) is 8.98. The molecule has 0 fully saturated rings. The number of sulfonamides is 1. The molecule has 1 rings (SSSR count). The van der Waals surface area contributed by atoms with Gasteiger partial charge in [0, 0.05) is 13.2 Å². The van der Waals surface area contributed by atoms with Crippen LogP contribution >= 0.6 is 0 Å². The average molecular weight is 319 g/mol. The molecule has 0 aliphatic carbocycles. The molecule has 1 aromatic rings. The van der Waals surface area contributed by atoms with Gasteiger partial charge in [-0.3, -0.25) is 4.79 Å². The Bertz CT molecular complexity index is 600. The highest BCUT2D eigenvalue weighted by Gasteiger charge is 2.28. The maximum absolute atomic E-state index is 12.3. The highest BCUT2D eigenvalue weighted by atomic mass is 32.2. The number of ether oxygens (including phenoxy) is 3. The van der Waals surface area contributed by atoms with Crippen molar-refractivity contribution in [2.45, 2.75) is 10.9 Å². The lowest BCUT2D eigenvalue weighted by Crippen LogP contribution is -2.43. The van der Waals surface area contributed by atoms with Crippen LogP contribution in [0.25, 0.3) is 0 Å². The first-order valence-corrected chi connectivity index (χ1v) is 7.30. The van der Waals surface area contributed by atoms with E-state index in [0.717, 1.165) is 0 Å². The zero-order valence-electron chi connectivity index (χ0n) is 11.8. The van der Waals surface area contributed by atoms with Crippen molar-refractivity contribution < 1.29 is 32.5 Å². The molecule has 8 nitrogen and oxygen atoms in total. The third-order valence-electron chi connectivity index (χ3n) is 2.59. The van der Waals surface area contributed by atoms with E-state index in [4.69, 9.17) is 14.6 Å². The highest BCUT2D eigenvalue weighted by molar-refractivity contribution is 7.89. The third kappa shape index (κ3) is 4.31. The minimum Gasteiger partial charge on any atom is -0.497 e. The van der Waals surface area contributed by atoms with E-state index in [-0.39, 0.29) is 17.3 Å². The summed E-state index contributed by atoms with van der Waals surface area (Å²) in [6.45, 7) is -0.305. The number of carboxylic acid groups (broad SMARTS) is 1. The van der Waals surface area contributed by atoms with Gasteiger partial charge in [-0.15, -0.1) is 0 Å². The first-order valence-electron chi connectivity index (χ1n) is 5.81. The van der Waals surface area contributed by atoms with E-state index >= 15 is 0 Å². The van der Waals surface area contributed by atoms with Gasteiger partial charge in [0.05, 0.1) is 20.8 Å². The van der Waals surface area contributed by atoms with Gasteiger partial charge in [0.2, 0.25) is 10.0 Å². The van der Waals surface area contributed by atoms with Crippen LogP contribution in [-0.4, -0.2) is 53.5 Å². The minimum absolute atomic E-state index is 0.0739. The molecule has 1 atom stereocenters. The Hall–Kier alpha value is -1.84. The van der Waals surface area contributed by atoms with Gasteiger partial charge >= 0.3 is 5.97 Å². The fraction of sp³-hybridized carbons (Fsp3) is 0.417. The number of carboxylic acids is 1. The summed E-state index contributed by atoms with van der Waals surface area (Å²) >= 11 is 0. The minimum atomic E-state index is -4.12. The average Bonchev–Trinajstić information content (AvgIpc) is 2.45. The Morgan fingerprint density at radius 1 is 1.29 bits per heavy atom. The predicted molar refractivity (Wildman–Crippen MR) is 73.2 cm³/mol. The van der Waals surface area contributed by atoms with Gasteiger partial charge in [-0.2, -0.15) is 4.72 Å². The second kappa shape index (κ2) is 7.25. The molecule has 0 saturated carbocycles. The molecule has 0 amide bonds. The predicted octanol–water partition coefficient (Wildman–Crippen LogP) is 0.0817. The molecule has 0 bridgehead atoms. The molecule has 2 N–H and O–H groups in total. The summed E-state index contributed by atoms with van der Waals surface area (Å²) in [5.74, 6) is -0.970. The van der Waals surface area contributed by atoms with Crippen LogP contribution in [0.1, 0.15) is 0 Å².